The summed E-state index contributed by atoms with van der Waals surface area (Å²) in [5.41, 5.74) is -1.21. The molecule has 0 bridgehead atoms. The molecule has 6 nitrogen and oxygen atoms in total. The third-order valence-corrected chi connectivity index (χ3v) is 3.26. The molecule has 6 heteroatoms. The lowest BCUT2D eigenvalue weighted by molar-refractivity contribution is -0.443. The average Bonchev–Trinajstić information content (AvgIpc) is 2.33. The largest absolute Gasteiger partial charge is 0.467 e. The number of rotatable bonds is 3. The number of carbonyl (C=O) groups excluding carboxylic acids is 1. The SMILES string of the molecule is COC(=O)[C@]1(C)CO[C@@](C)(OC)[C@](C)(OC)O1. The Morgan fingerprint density at radius 2 is 1.59 bits per heavy atom. The zero-order chi connectivity index (χ0) is 13.3. The van der Waals surface area contributed by atoms with Crippen LogP contribution in [0, 0.1) is 0 Å². The summed E-state index contributed by atoms with van der Waals surface area (Å²) in [6.45, 7) is 4.96. The summed E-state index contributed by atoms with van der Waals surface area (Å²) in [6.07, 6.45) is 0. The third-order valence-electron chi connectivity index (χ3n) is 3.26. The van der Waals surface area contributed by atoms with Crippen LogP contribution < -0.4 is 0 Å². The second-order valence-corrected chi connectivity index (χ2v) is 4.41. The summed E-state index contributed by atoms with van der Waals surface area (Å²) >= 11 is 0. The third kappa shape index (κ3) is 2.18. The zero-order valence-corrected chi connectivity index (χ0v) is 11.2. The van der Waals surface area contributed by atoms with E-state index in [1.54, 1.807) is 20.8 Å². The van der Waals surface area contributed by atoms with Crippen LogP contribution in [0.25, 0.3) is 0 Å². The quantitative estimate of drug-likeness (QED) is 0.685. The van der Waals surface area contributed by atoms with Gasteiger partial charge in [-0.05, 0) is 20.8 Å². The van der Waals surface area contributed by atoms with Crippen LogP contribution in [0.4, 0.5) is 0 Å². The monoisotopic (exact) mass is 248 g/mol. The Bertz CT molecular complexity index is 306. The van der Waals surface area contributed by atoms with Crippen molar-refractivity contribution >= 4 is 5.97 Å². The molecule has 0 radical (unpaired) electrons. The van der Waals surface area contributed by atoms with E-state index in [9.17, 15) is 4.79 Å². The van der Waals surface area contributed by atoms with Crippen LogP contribution >= 0.6 is 0 Å². The summed E-state index contributed by atoms with van der Waals surface area (Å²) in [7, 11) is 4.25. The average molecular weight is 248 g/mol. The fourth-order valence-electron chi connectivity index (χ4n) is 1.75. The van der Waals surface area contributed by atoms with Gasteiger partial charge < -0.3 is 23.7 Å². The second-order valence-electron chi connectivity index (χ2n) is 4.41. The van der Waals surface area contributed by atoms with Crippen molar-refractivity contribution in [2.24, 2.45) is 0 Å². The van der Waals surface area contributed by atoms with Crippen molar-refractivity contribution in [3.63, 3.8) is 0 Å². The van der Waals surface area contributed by atoms with Crippen molar-refractivity contribution in [2.75, 3.05) is 27.9 Å². The van der Waals surface area contributed by atoms with Gasteiger partial charge in [-0.15, -0.1) is 0 Å². The van der Waals surface area contributed by atoms with Gasteiger partial charge in [0.1, 0.15) is 0 Å². The van der Waals surface area contributed by atoms with Gasteiger partial charge in [-0.1, -0.05) is 0 Å². The van der Waals surface area contributed by atoms with Gasteiger partial charge in [-0.2, -0.15) is 0 Å². The van der Waals surface area contributed by atoms with Gasteiger partial charge in [0.2, 0.25) is 11.6 Å². The van der Waals surface area contributed by atoms with Crippen molar-refractivity contribution in [3.8, 4) is 0 Å². The van der Waals surface area contributed by atoms with Crippen LogP contribution in [0.1, 0.15) is 20.8 Å². The molecule has 0 N–H and O–H groups in total. The first kappa shape index (κ1) is 14.4. The molecule has 0 saturated carbocycles. The van der Waals surface area contributed by atoms with Crippen LogP contribution in [0.2, 0.25) is 0 Å². The van der Waals surface area contributed by atoms with E-state index in [1.165, 1.54) is 21.3 Å². The summed E-state index contributed by atoms with van der Waals surface area (Å²) in [5.74, 6) is -2.81. The van der Waals surface area contributed by atoms with E-state index in [1.807, 2.05) is 0 Å². The lowest BCUT2D eigenvalue weighted by Crippen LogP contribution is -2.67. The first-order chi connectivity index (χ1) is 7.77. The number of hydrogen-bond donors (Lipinski definition) is 0. The number of hydrogen-bond acceptors (Lipinski definition) is 6. The fourth-order valence-corrected chi connectivity index (χ4v) is 1.75. The van der Waals surface area contributed by atoms with Crippen molar-refractivity contribution in [1.29, 1.82) is 0 Å². The molecule has 0 aromatic rings. The molecule has 1 aliphatic rings. The van der Waals surface area contributed by atoms with Gasteiger partial charge in [0, 0.05) is 14.2 Å². The molecule has 0 aromatic carbocycles. The van der Waals surface area contributed by atoms with Crippen LogP contribution in [0.15, 0.2) is 0 Å². The van der Waals surface area contributed by atoms with E-state index in [-0.39, 0.29) is 6.61 Å². The van der Waals surface area contributed by atoms with Gasteiger partial charge in [0.25, 0.3) is 0 Å². The lowest BCUT2D eigenvalue weighted by atomic mass is 10.0. The van der Waals surface area contributed by atoms with Gasteiger partial charge in [0.05, 0.1) is 13.7 Å². The molecule has 1 saturated heterocycles. The number of esters is 1. The first-order valence-corrected chi connectivity index (χ1v) is 5.30. The van der Waals surface area contributed by atoms with Crippen LogP contribution in [0.3, 0.4) is 0 Å². The topological polar surface area (TPSA) is 63.2 Å². The van der Waals surface area contributed by atoms with Crippen LogP contribution in [0.5, 0.6) is 0 Å². The Morgan fingerprint density at radius 3 is 2.00 bits per heavy atom. The molecule has 1 fully saturated rings. The predicted molar refractivity (Wildman–Crippen MR) is 58.3 cm³/mol. The minimum atomic E-state index is -1.21. The molecular formula is C11H20O6. The maximum absolute atomic E-state index is 11.7. The highest BCUT2D eigenvalue weighted by molar-refractivity contribution is 5.79. The molecule has 17 heavy (non-hydrogen) atoms. The van der Waals surface area contributed by atoms with Gasteiger partial charge in [0.15, 0.2) is 5.60 Å². The molecule has 100 valence electrons. The molecular weight excluding hydrogens is 228 g/mol. The standard InChI is InChI=1S/C11H20O6/c1-9(8(12)13-4)7-16-10(2,14-5)11(3,15-6)17-9/h7H2,1-6H3/t9-,10+,11+/m0/s1. The summed E-state index contributed by atoms with van der Waals surface area (Å²) in [4.78, 5) is 11.7. The van der Waals surface area contributed by atoms with E-state index in [0.29, 0.717) is 0 Å². The Balaban J connectivity index is 3.02. The predicted octanol–water partition coefficient (Wildman–Crippen LogP) is 0.690. The molecule has 0 spiro atoms. The van der Waals surface area contributed by atoms with Gasteiger partial charge in [-0.3, -0.25) is 0 Å². The van der Waals surface area contributed by atoms with Crippen molar-refractivity contribution in [1.82, 2.24) is 0 Å². The van der Waals surface area contributed by atoms with E-state index in [4.69, 9.17) is 23.7 Å². The normalized spacial score (nSPS) is 42.2. The molecule has 1 heterocycles. The molecule has 0 aliphatic carbocycles. The number of ether oxygens (including phenoxy) is 5. The lowest BCUT2D eigenvalue weighted by Gasteiger charge is -2.51. The molecule has 0 unspecified atom stereocenters. The minimum absolute atomic E-state index is 0.0307. The Hall–Kier alpha value is -0.690. The van der Waals surface area contributed by atoms with E-state index in [2.05, 4.69) is 0 Å². The van der Waals surface area contributed by atoms with Gasteiger partial charge in [-0.25, -0.2) is 4.79 Å². The summed E-state index contributed by atoms with van der Waals surface area (Å²) < 4.78 is 26.6. The van der Waals surface area contributed by atoms with Crippen LogP contribution in [-0.2, 0) is 28.5 Å². The molecule has 0 aromatic heterocycles. The highest BCUT2D eigenvalue weighted by Gasteiger charge is 2.59. The van der Waals surface area contributed by atoms with E-state index < -0.39 is 23.1 Å². The summed E-state index contributed by atoms with van der Waals surface area (Å²) in [6, 6.07) is 0. The first-order valence-electron chi connectivity index (χ1n) is 5.30. The molecule has 3 atom stereocenters. The number of carbonyl (C=O) groups is 1. The fraction of sp³-hybridized carbons (Fsp3) is 0.909. The van der Waals surface area contributed by atoms with Crippen molar-refractivity contribution in [3.05, 3.63) is 0 Å². The van der Waals surface area contributed by atoms with Crippen LogP contribution in [-0.4, -0.2) is 51.1 Å². The van der Waals surface area contributed by atoms with E-state index in [0.717, 1.165) is 0 Å². The molecule has 1 aliphatic heterocycles. The Labute approximate surface area is 101 Å². The highest BCUT2D eigenvalue weighted by Crippen LogP contribution is 2.40. The maximum atomic E-state index is 11.7. The van der Waals surface area contributed by atoms with Crippen molar-refractivity contribution in [2.45, 2.75) is 37.9 Å². The Kier molecular flexibility index (Phi) is 3.83. The summed E-state index contributed by atoms with van der Waals surface area (Å²) in [5, 5.41) is 0. The number of methoxy groups -OCH3 is 3. The van der Waals surface area contributed by atoms with E-state index >= 15 is 0 Å². The minimum Gasteiger partial charge on any atom is -0.467 e. The molecule has 0 amide bonds. The smallest absolute Gasteiger partial charge is 0.340 e. The maximum Gasteiger partial charge on any atom is 0.340 e. The van der Waals surface area contributed by atoms with Crippen molar-refractivity contribution < 1.29 is 28.5 Å². The molecule has 1 rings (SSSR count). The second kappa shape index (κ2) is 4.53. The zero-order valence-electron chi connectivity index (χ0n) is 11.2. The Morgan fingerprint density at radius 1 is 1.06 bits per heavy atom. The van der Waals surface area contributed by atoms with Gasteiger partial charge >= 0.3 is 5.97 Å². The highest BCUT2D eigenvalue weighted by atomic mass is 16.8.